The highest BCUT2D eigenvalue weighted by molar-refractivity contribution is 6.89. The molecule has 40 heavy (non-hydrogen) atoms. The SMILES string of the molecule is C=CB(c1ccccc1)c1ccccc1.CC=CC(C)C[SiH2]C(c1ccccc1)(c1ccccc1)n1ccnc1. The average molecular weight is 539 g/mol. The summed E-state index contributed by atoms with van der Waals surface area (Å²) in [5.41, 5.74) is 5.30. The second kappa shape index (κ2) is 14.9. The Morgan fingerprint density at radius 3 is 1.68 bits per heavy atom. The first-order valence-electron chi connectivity index (χ1n) is 14.1. The molecule has 5 aromatic rings. The summed E-state index contributed by atoms with van der Waals surface area (Å²) in [6.07, 6.45) is 10.5. The first kappa shape index (κ1) is 28.8. The highest BCUT2D eigenvalue weighted by atomic mass is 28.2. The van der Waals surface area contributed by atoms with Crippen molar-refractivity contribution < 1.29 is 0 Å². The van der Waals surface area contributed by atoms with Gasteiger partial charge in [-0.3, -0.25) is 0 Å². The van der Waals surface area contributed by atoms with E-state index in [0.717, 1.165) is 0 Å². The number of aromatic nitrogens is 2. The van der Waals surface area contributed by atoms with E-state index in [-0.39, 0.29) is 5.16 Å². The van der Waals surface area contributed by atoms with Gasteiger partial charge in [-0.25, -0.2) is 4.98 Å². The molecule has 0 saturated heterocycles. The standard InChI is InChI=1S/C22H26N2Si.C14H13B/c1-3-10-19(2)17-25-22(24-16-15-23-18-24,20-11-6-4-7-12-20)21-13-8-5-9-14-21;1-2-15(13-9-5-3-6-10-13)14-11-7-4-8-12-14/h3-16,18-19H,17,25H2,1-2H3;2-12H,1H2. The first-order chi connectivity index (χ1) is 19.7. The van der Waals surface area contributed by atoms with E-state index in [4.69, 9.17) is 0 Å². The molecule has 1 atom stereocenters. The maximum Gasteiger partial charge on any atom is 0.233 e. The molecule has 0 spiro atoms. The van der Waals surface area contributed by atoms with Crippen molar-refractivity contribution in [3.8, 4) is 0 Å². The number of imidazole rings is 1. The minimum atomic E-state index is -0.543. The monoisotopic (exact) mass is 538 g/mol. The van der Waals surface area contributed by atoms with Crippen molar-refractivity contribution in [1.29, 1.82) is 0 Å². The van der Waals surface area contributed by atoms with Crippen LogP contribution in [0.25, 0.3) is 0 Å². The minimum absolute atomic E-state index is 0.102. The number of hydrogen-bond donors (Lipinski definition) is 0. The molecule has 4 aromatic carbocycles. The molecule has 1 aromatic heterocycles. The molecule has 1 heterocycles. The molecule has 0 amide bonds. The van der Waals surface area contributed by atoms with E-state index in [9.17, 15) is 0 Å². The summed E-state index contributed by atoms with van der Waals surface area (Å²) in [5, 5.41) is -0.102. The zero-order valence-corrected chi connectivity index (χ0v) is 25.1. The number of benzene rings is 4. The normalized spacial score (nSPS) is 12.2. The Morgan fingerprint density at radius 1 is 0.800 bits per heavy atom. The van der Waals surface area contributed by atoms with Gasteiger partial charge in [0.1, 0.15) is 0 Å². The van der Waals surface area contributed by atoms with Crippen molar-refractivity contribution in [2.24, 2.45) is 5.92 Å². The third kappa shape index (κ3) is 7.08. The Labute approximate surface area is 243 Å². The van der Waals surface area contributed by atoms with Gasteiger partial charge < -0.3 is 4.57 Å². The number of allylic oxidation sites excluding steroid dienone is 2. The van der Waals surface area contributed by atoms with Crippen LogP contribution in [0.1, 0.15) is 25.0 Å². The molecule has 5 rings (SSSR count). The Morgan fingerprint density at radius 2 is 1.27 bits per heavy atom. The second-order valence-corrected chi connectivity index (χ2v) is 12.2. The van der Waals surface area contributed by atoms with Gasteiger partial charge in [-0.1, -0.05) is 157 Å². The maximum absolute atomic E-state index is 4.37. The summed E-state index contributed by atoms with van der Waals surface area (Å²) < 4.78 is 2.33. The van der Waals surface area contributed by atoms with Crippen LogP contribution in [0.2, 0.25) is 6.04 Å². The Bertz CT molecular complexity index is 1340. The third-order valence-electron chi connectivity index (χ3n) is 7.48. The zero-order chi connectivity index (χ0) is 28.0. The van der Waals surface area contributed by atoms with Crippen LogP contribution < -0.4 is 10.9 Å². The highest BCUT2D eigenvalue weighted by Gasteiger charge is 2.36. The summed E-state index contributed by atoms with van der Waals surface area (Å²) >= 11 is 0. The lowest BCUT2D eigenvalue weighted by Gasteiger charge is -2.37. The number of rotatable bonds is 10. The fourth-order valence-corrected chi connectivity index (χ4v) is 8.00. The molecule has 2 nitrogen and oxygen atoms in total. The molecule has 0 fully saturated rings. The second-order valence-electron chi connectivity index (χ2n) is 10.1. The van der Waals surface area contributed by atoms with E-state index in [0.29, 0.717) is 12.6 Å². The van der Waals surface area contributed by atoms with E-state index in [1.54, 1.807) is 0 Å². The van der Waals surface area contributed by atoms with Crippen molar-refractivity contribution in [1.82, 2.24) is 9.55 Å². The largest absolute Gasteiger partial charge is 0.327 e. The summed E-state index contributed by atoms with van der Waals surface area (Å²) in [6, 6.07) is 44.0. The molecule has 4 heteroatoms. The zero-order valence-electron chi connectivity index (χ0n) is 23.7. The first-order valence-corrected chi connectivity index (χ1v) is 15.8. The lowest BCUT2D eigenvalue weighted by molar-refractivity contribution is 0.585. The predicted molar refractivity (Wildman–Crippen MR) is 177 cm³/mol. The fourth-order valence-electron chi connectivity index (χ4n) is 5.44. The van der Waals surface area contributed by atoms with Crippen molar-refractivity contribution in [3.05, 3.63) is 176 Å². The quantitative estimate of drug-likeness (QED) is 0.148. The average Bonchev–Trinajstić information content (AvgIpc) is 3.56. The summed E-state index contributed by atoms with van der Waals surface area (Å²) in [4.78, 5) is 4.37. The van der Waals surface area contributed by atoms with Crippen LogP contribution in [-0.2, 0) is 5.16 Å². The van der Waals surface area contributed by atoms with E-state index in [1.807, 2.05) is 30.6 Å². The fraction of sp³-hybridized carbons (Fsp3) is 0.139. The smallest absolute Gasteiger partial charge is 0.233 e. The van der Waals surface area contributed by atoms with Gasteiger partial charge in [0.05, 0.1) is 21.0 Å². The minimum Gasteiger partial charge on any atom is -0.327 e. The predicted octanol–water partition coefficient (Wildman–Crippen LogP) is 6.45. The van der Waals surface area contributed by atoms with Crippen LogP contribution in [0.4, 0.5) is 0 Å². The van der Waals surface area contributed by atoms with Crippen LogP contribution in [0.15, 0.2) is 165 Å². The summed E-state index contributed by atoms with van der Waals surface area (Å²) in [5.74, 6) is 2.59. The lowest BCUT2D eigenvalue weighted by atomic mass is 9.41. The number of hydrogen-bond acceptors (Lipinski definition) is 1. The molecule has 0 radical (unpaired) electrons. The molecule has 0 aliphatic rings. The van der Waals surface area contributed by atoms with Gasteiger partial charge in [0.15, 0.2) is 0 Å². The van der Waals surface area contributed by atoms with Crippen LogP contribution in [-0.4, -0.2) is 25.8 Å². The Hall–Kier alpha value is -4.15. The van der Waals surface area contributed by atoms with Crippen molar-refractivity contribution in [3.63, 3.8) is 0 Å². The molecule has 0 N–H and O–H groups in total. The van der Waals surface area contributed by atoms with Crippen LogP contribution >= 0.6 is 0 Å². The summed E-state index contributed by atoms with van der Waals surface area (Å²) in [6.45, 7) is 8.64. The molecule has 0 saturated carbocycles. The van der Waals surface area contributed by atoms with Crippen molar-refractivity contribution in [2.45, 2.75) is 25.1 Å². The molecule has 1 unspecified atom stereocenters. The lowest BCUT2D eigenvalue weighted by Crippen LogP contribution is -2.42. The van der Waals surface area contributed by atoms with Gasteiger partial charge in [-0.15, -0.1) is 12.6 Å². The molecular weight excluding hydrogens is 499 g/mol. The molecule has 0 bridgehead atoms. The van der Waals surface area contributed by atoms with Gasteiger partial charge in [-0.05, 0) is 24.0 Å². The highest BCUT2D eigenvalue weighted by Crippen LogP contribution is 2.34. The van der Waals surface area contributed by atoms with Crippen molar-refractivity contribution in [2.75, 3.05) is 0 Å². The Kier molecular flexibility index (Phi) is 10.7. The molecule has 0 aliphatic carbocycles. The summed E-state index contributed by atoms with van der Waals surface area (Å²) in [7, 11) is -0.543. The Balaban J connectivity index is 0.000000210. The third-order valence-corrected chi connectivity index (χ3v) is 10.6. The van der Waals surface area contributed by atoms with E-state index in [1.165, 1.54) is 28.1 Å². The van der Waals surface area contributed by atoms with Gasteiger partial charge in [0.25, 0.3) is 0 Å². The topological polar surface area (TPSA) is 17.8 Å². The van der Waals surface area contributed by atoms with Crippen LogP contribution in [0.3, 0.4) is 0 Å². The molecule has 0 aliphatic heterocycles. The van der Waals surface area contributed by atoms with Crippen molar-refractivity contribution >= 4 is 27.2 Å². The maximum atomic E-state index is 4.37. The van der Waals surface area contributed by atoms with E-state index >= 15 is 0 Å². The van der Waals surface area contributed by atoms with Crippen LogP contribution in [0, 0.1) is 5.92 Å². The van der Waals surface area contributed by atoms with Gasteiger partial charge in [0, 0.05) is 12.4 Å². The molecular formula is C36H39BN2Si. The van der Waals surface area contributed by atoms with Crippen LogP contribution in [0.5, 0.6) is 0 Å². The van der Waals surface area contributed by atoms with Gasteiger partial charge >= 0.3 is 0 Å². The number of nitrogens with zero attached hydrogens (tertiary/aromatic N) is 2. The molecule has 200 valence electrons. The van der Waals surface area contributed by atoms with Gasteiger partial charge in [0.2, 0.25) is 6.71 Å². The van der Waals surface area contributed by atoms with Gasteiger partial charge in [-0.2, -0.15) is 0 Å². The van der Waals surface area contributed by atoms with E-state index < -0.39 is 9.52 Å². The van der Waals surface area contributed by atoms with E-state index in [2.05, 4.69) is 158 Å².